The summed E-state index contributed by atoms with van der Waals surface area (Å²) in [6.07, 6.45) is 0.192. The molecule has 0 amide bonds. The second-order valence-corrected chi connectivity index (χ2v) is 9.17. The van der Waals surface area contributed by atoms with E-state index in [0.717, 1.165) is 9.75 Å². The molecule has 3 rings (SSSR count). The standard InChI is InChI=1S/C18H22N3O4PS/c1-4-24-26(23,25-5-2)11-13-7-9-16(27-13)17-20-15-8-6-12(19)10-14(15)18(22)21(17)3/h6-10H,4-5,11,19H2,1-3H3. The molecule has 0 radical (unpaired) electrons. The van der Waals surface area contributed by atoms with Crippen LogP contribution < -0.4 is 11.3 Å². The number of hydrogen-bond acceptors (Lipinski definition) is 7. The molecule has 0 atom stereocenters. The SMILES string of the molecule is CCOP(=O)(Cc1ccc(-c2nc3ccc(N)cc3c(=O)n2C)s1)OCC. The summed E-state index contributed by atoms with van der Waals surface area (Å²) >= 11 is 1.42. The minimum absolute atomic E-state index is 0.161. The maximum Gasteiger partial charge on any atom is 0.335 e. The van der Waals surface area contributed by atoms with Crippen molar-refractivity contribution >= 4 is 35.5 Å². The summed E-state index contributed by atoms with van der Waals surface area (Å²) < 4.78 is 25.0. The lowest BCUT2D eigenvalue weighted by molar-refractivity contribution is 0.219. The van der Waals surface area contributed by atoms with Gasteiger partial charge in [-0.15, -0.1) is 11.3 Å². The molecule has 0 aliphatic carbocycles. The first-order valence-electron chi connectivity index (χ1n) is 8.60. The smallest absolute Gasteiger partial charge is 0.335 e. The van der Waals surface area contributed by atoms with Crippen LogP contribution in [0.1, 0.15) is 18.7 Å². The fraction of sp³-hybridized carbons (Fsp3) is 0.333. The van der Waals surface area contributed by atoms with E-state index in [-0.39, 0.29) is 11.7 Å². The van der Waals surface area contributed by atoms with E-state index in [2.05, 4.69) is 4.98 Å². The van der Waals surface area contributed by atoms with Gasteiger partial charge < -0.3 is 14.8 Å². The Bertz CT molecular complexity index is 1070. The number of nitrogens with two attached hydrogens (primary N) is 1. The van der Waals surface area contributed by atoms with Crippen molar-refractivity contribution in [1.29, 1.82) is 0 Å². The van der Waals surface area contributed by atoms with Gasteiger partial charge in [-0.05, 0) is 44.2 Å². The van der Waals surface area contributed by atoms with Crippen molar-refractivity contribution in [3.05, 3.63) is 45.6 Å². The lowest BCUT2D eigenvalue weighted by atomic mass is 10.2. The van der Waals surface area contributed by atoms with Crippen molar-refractivity contribution in [1.82, 2.24) is 9.55 Å². The lowest BCUT2D eigenvalue weighted by Gasteiger charge is -2.15. The maximum atomic E-state index is 12.7. The molecule has 2 N–H and O–H groups in total. The van der Waals surface area contributed by atoms with Crippen molar-refractivity contribution in [2.45, 2.75) is 20.0 Å². The fourth-order valence-electron chi connectivity index (χ4n) is 2.80. The summed E-state index contributed by atoms with van der Waals surface area (Å²) in [5.74, 6) is 0.552. The molecule has 2 aromatic heterocycles. The Morgan fingerprint density at radius 1 is 1.19 bits per heavy atom. The van der Waals surface area contributed by atoms with E-state index in [1.807, 2.05) is 12.1 Å². The van der Waals surface area contributed by atoms with Crippen molar-refractivity contribution in [3.8, 4) is 10.7 Å². The molecular formula is C18H22N3O4PS. The highest BCUT2D eigenvalue weighted by atomic mass is 32.1. The zero-order chi connectivity index (χ0) is 19.6. The molecule has 9 heteroatoms. The van der Waals surface area contributed by atoms with Gasteiger partial charge in [0.1, 0.15) is 0 Å². The van der Waals surface area contributed by atoms with Gasteiger partial charge in [-0.1, -0.05) is 0 Å². The summed E-state index contributed by atoms with van der Waals surface area (Å²) in [6.45, 7) is 4.21. The lowest BCUT2D eigenvalue weighted by Crippen LogP contribution is -2.20. The number of rotatable bonds is 7. The monoisotopic (exact) mass is 407 g/mol. The van der Waals surface area contributed by atoms with Crippen LogP contribution in [0.15, 0.2) is 35.1 Å². The first-order chi connectivity index (χ1) is 12.9. The van der Waals surface area contributed by atoms with Crippen LogP contribution >= 0.6 is 18.9 Å². The minimum atomic E-state index is -3.18. The Morgan fingerprint density at radius 2 is 1.89 bits per heavy atom. The highest BCUT2D eigenvalue weighted by Crippen LogP contribution is 2.52. The summed E-state index contributed by atoms with van der Waals surface area (Å²) in [5, 5.41) is 0.482. The van der Waals surface area contributed by atoms with Crippen LogP contribution in [0.25, 0.3) is 21.6 Å². The van der Waals surface area contributed by atoms with Crippen molar-refractivity contribution in [3.63, 3.8) is 0 Å². The first-order valence-corrected chi connectivity index (χ1v) is 11.1. The van der Waals surface area contributed by atoms with E-state index >= 15 is 0 Å². The van der Waals surface area contributed by atoms with Gasteiger partial charge in [0.25, 0.3) is 5.56 Å². The van der Waals surface area contributed by atoms with Crippen LogP contribution in [-0.2, 0) is 26.8 Å². The third kappa shape index (κ3) is 4.14. The molecule has 0 aliphatic heterocycles. The molecule has 0 spiro atoms. The molecule has 0 bridgehead atoms. The summed E-state index contributed by atoms with van der Waals surface area (Å²) in [5.41, 5.74) is 6.73. The highest BCUT2D eigenvalue weighted by molar-refractivity contribution is 7.53. The van der Waals surface area contributed by atoms with Crippen molar-refractivity contribution in [2.24, 2.45) is 7.05 Å². The Hall–Kier alpha value is -1.99. The van der Waals surface area contributed by atoms with E-state index in [1.54, 1.807) is 39.1 Å². The Balaban J connectivity index is 1.99. The van der Waals surface area contributed by atoms with E-state index in [1.165, 1.54) is 15.9 Å². The largest absolute Gasteiger partial charge is 0.399 e. The molecule has 144 valence electrons. The predicted octanol–water partition coefficient (Wildman–Crippen LogP) is 4.01. The van der Waals surface area contributed by atoms with Crippen molar-refractivity contribution in [2.75, 3.05) is 18.9 Å². The van der Waals surface area contributed by atoms with Crippen LogP contribution in [0.5, 0.6) is 0 Å². The summed E-state index contributed by atoms with van der Waals surface area (Å²) in [6, 6.07) is 8.83. The summed E-state index contributed by atoms with van der Waals surface area (Å²) in [7, 11) is -1.50. The topological polar surface area (TPSA) is 96.4 Å². The highest BCUT2D eigenvalue weighted by Gasteiger charge is 2.25. The average molecular weight is 407 g/mol. The molecule has 27 heavy (non-hydrogen) atoms. The molecule has 1 aromatic carbocycles. The normalized spacial score (nSPS) is 12.0. The van der Waals surface area contributed by atoms with Gasteiger partial charge in [0.05, 0.1) is 35.2 Å². The zero-order valence-electron chi connectivity index (χ0n) is 15.5. The Kier molecular flexibility index (Phi) is 5.81. The minimum Gasteiger partial charge on any atom is -0.399 e. The number of fused-ring (bicyclic) bond motifs is 1. The summed E-state index contributed by atoms with van der Waals surface area (Å²) in [4.78, 5) is 18.9. The van der Waals surface area contributed by atoms with Gasteiger partial charge in [-0.25, -0.2) is 4.98 Å². The van der Waals surface area contributed by atoms with Gasteiger partial charge in [0, 0.05) is 17.6 Å². The van der Waals surface area contributed by atoms with Crippen LogP contribution in [0.3, 0.4) is 0 Å². The van der Waals surface area contributed by atoms with E-state index in [9.17, 15) is 9.36 Å². The third-order valence-corrected chi connectivity index (χ3v) is 7.31. The fourth-order valence-corrected chi connectivity index (χ4v) is 5.90. The molecule has 0 saturated heterocycles. The molecule has 0 unspecified atom stereocenters. The first kappa shape index (κ1) is 19.8. The van der Waals surface area contributed by atoms with E-state index < -0.39 is 7.60 Å². The van der Waals surface area contributed by atoms with Gasteiger partial charge >= 0.3 is 7.60 Å². The van der Waals surface area contributed by atoms with Crippen LogP contribution in [0, 0.1) is 0 Å². The van der Waals surface area contributed by atoms with Gasteiger partial charge in [-0.3, -0.25) is 13.9 Å². The molecule has 7 nitrogen and oxygen atoms in total. The van der Waals surface area contributed by atoms with Crippen LogP contribution in [0.4, 0.5) is 5.69 Å². The van der Waals surface area contributed by atoms with E-state index in [4.69, 9.17) is 14.8 Å². The number of nitrogens with zero attached hydrogens (tertiary/aromatic N) is 2. The zero-order valence-corrected chi connectivity index (χ0v) is 17.2. The van der Waals surface area contributed by atoms with Crippen LogP contribution in [0.2, 0.25) is 0 Å². The second-order valence-electron chi connectivity index (χ2n) is 5.95. The molecular weight excluding hydrogens is 385 g/mol. The maximum absolute atomic E-state index is 12.7. The molecule has 0 aliphatic rings. The quantitative estimate of drug-likeness (QED) is 0.470. The molecule has 3 aromatic rings. The Labute approximate surface area is 161 Å². The average Bonchev–Trinajstić information content (AvgIpc) is 3.06. The van der Waals surface area contributed by atoms with Gasteiger partial charge in [0.2, 0.25) is 0 Å². The number of thiophene rings is 1. The molecule has 0 fully saturated rings. The predicted molar refractivity (Wildman–Crippen MR) is 109 cm³/mol. The number of aromatic nitrogens is 2. The number of nitrogen functional groups attached to an aromatic ring is 1. The van der Waals surface area contributed by atoms with Gasteiger partial charge in [-0.2, -0.15) is 0 Å². The second kappa shape index (κ2) is 7.94. The number of anilines is 1. The Morgan fingerprint density at radius 3 is 2.56 bits per heavy atom. The molecule has 2 heterocycles. The number of benzene rings is 1. The number of hydrogen-bond donors (Lipinski definition) is 1. The van der Waals surface area contributed by atoms with E-state index in [0.29, 0.717) is 35.6 Å². The molecule has 0 saturated carbocycles. The van der Waals surface area contributed by atoms with Crippen LogP contribution in [-0.4, -0.2) is 22.8 Å². The van der Waals surface area contributed by atoms with Gasteiger partial charge in [0.15, 0.2) is 5.82 Å². The third-order valence-electron chi connectivity index (χ3n) is 3.98. The van der Waals surface area contributed by atoms with Crippen molar-refractivity contribution < 1.29 is 13.6 Å².